The van der Waals surface area contributed by atoms with E-state index in [1.54, 1.807) is 0 Å². The van der Waals surface area contributed by atoms with Gasteiger partial charge in [-0.3, -0.25) is 4.68 Å². The van der Waals surface area contributed by atoms with Gasteiger partial charge in [0.05, 0.1) is 12.6 Å². The van der Waals surface area contributed by atoms with Crippen LogP contribution in [0.5, 0.6) is 0 Å². The molecule has 0 radical (unpaired) electrons. The van der Waals surface area contributed by atoms with Crippen molar-refractivity contribution in [1.82, 2.24) is 9.78 Å². The largest absolute Gasteiger partial charge is 0.379 e. The fourth-order valence-corrected chi connectivity index (χ4v) is 1.86. The summed E-state index contributed by atoms with van der Waals surface area (Å²) in [6.07, 6.45) is 2.91. The first-order valence-electron chi connectivity index (χ1n) is 5.14. The summed E-state index contributed by atoms with van der Waals surface area (Å²) in [7, 11) is 0. The second kappa shape index (κ2) is 4.11. The van der Waals surface area contributed by atoms with Gasteiger partial charge in [0, 0.05) is 31.0 Å². The first kappa shape index (κ1) is 9.68. The minimum atomic E-state index is 0.373. The van der Waals surface area contributed by atoms with Gasteiger partial charge in [-0.05, 0) is 12.5 Å². The van der Waals surface area contributed by atoms with E-state index in [-0.39, 0.29) is 0 Å². The minimum Gasteiger partial charge on any atom is -0.379 e. The molecular formula is C10H17N3O. The van der Waals surface area contributed by atoms with Crippen molar-refractivity contribution in [1.29, 1.82) is 0 Å². The summed E-state index contributed by atoms with van der Waals surface area (Å²) in [5, 5.41) is 4.35. The highest BCUT2D eigenvalue weighted by molar-refractivity contribution is 5.08. The molecule has 4 nitrogen and oxygen atoms in total. The molecule has 2 heterocycles. The zero-order chi connectivity index (χ0) is 9.97. The van der Waals surface area contributed by atoms with Crippen LogP contribution in [0.1, 0.15) is 31.0 Å². The number of aromatic nitrogens is 2. The number of hydrogen-bond acceptors (Lipinski definition) is 3. The summed E-state index contributed by atoms with van der Waals surface area (Å²) in [4.78, 5) is 0. The maximum atomic E-state index is 5.66. The maximum Gasteiger partial charge on any atom is 0.0777 e. The van der Waals surface area contributed by atoms with Gasteiger partial charge in [0.25, 0.3) is 0 Å². The molecule has 0 aliphatic carbocycles. The molecule has 2 rings (SSSR count). The molecule has 2 N–H and O–H groups in total. The lowest BCUT2D eigenvalue weighted by atomic mass is 10.1. The standard InChI is InChI=1S/C10H17N3O/c1-8(6-11)10-2-4-12-13(10)9-3-5-14-7-9/h2,4,8-9H,3,5-7,11H2,1H3. The number of ether oxygens (including phenoxy) is 1. The van der Waals surface area contributed by atoms with Crippen LogP contribution in [0.3, 0.4) is 0 Å². The Morgan fingerprint density at radius 2 is 2.64 bits per heavy atom. The van der Waals surface area contributed by atoms with E-state index in [1.165, 1.54) is 5.69 Å². The SMILES string of the molecule is CC(CN)c1ccnn1C1CCOC1. The molecule has 0 bridgehead atoms. The molecule has 1 aromatic heterocycles. The fraction of sp³-hybridized carbons (Fsp3) is 0.700. The highest BCUT2D eigenvalue weighted by Gasteiger charge is 2.21. The Morgan fingerprint density at radius 3 is 3.29 bits per heavy atom. The van der Waals surface area contributed by atoms with Crippen LogP contribution >= 0.6 is 0 Å². The average molecular weight is 195 g/mol. The van der Waals surface area contributed by atoms with Crippen LogP contribution in [0.15, 0.2) is 12.3 Å². The summed E-state index contributed by atoms with van der Waals surface area (Å²) in [5.74, 6) is 0.373. The topological polar surface area (TPSA) is 53.1 Å². The second-order valence-corrected chi connectivity index (χ2v) is 3.85. The van der Waals surface area contributed by atoms with E-state index in [2.05, 4.69) is 22.8 Å². The van der Waals surface area contributed by atoms with Crippen molar-refractivity contribution < 1.29 is 4.74 Å². The third-order valence-corrected chi connectivity index (χ3v) is 2.81. The van der Waals surface area contributed by atoms with Crippen LogP contribution in [-0.2, 0) is 4.74 Å². The molecule has 14 heavy (non-hydrogen) atoms. The van der Waals surface area contributed by atoms with Crippen molar-refractivity contribution in [3.8, 4) is 0 Å². The normalized spacial score (nSPS) is 24.0. The summed E-state index contributed by atoms with van der Waals surface area (Å²) >= 11 is 0. The summed E-state index contributed by atoms with van der Waals surface area (Å²) < 4.78 is 7.43. The van der Waals surface area contributed by atoms with Gasteiger partial charge in [0.15, 0.2) is 0 Å². The highest BCUT2D eigenvalue weighted by atomic mass is 16.5. The molecular weight excluding hydrogens is 178 g/mol. The molecule has 0 aromatic carbocycles. The van der Waals surface area contributed by atoms with E-state index in [1.807, 2.05) is 6.20 Å². The molecule has 1 aromatic rings. The minimum absolute atomic E-state index is 0.373. The monoisotopic (exact) mass is 195 g/mol. The Kier molecular flexibility index (Phi) is 2.84. The number of rotatable bonds is 3. The average Bonchev–Trinajstić information content (AvgIpc) is 2.85. The zero-order valence-electron chi connectivity index (χ0n) is 8.52. The van der Waals surface area contributed by atoms with E-state index < -0.39 is 0 Å². The molecule has 2 atom stereocenters. The summed E-state index contributed by atoms with van der Waals surface area (Å²) in [6.45, 7) is 4.43. The van der Waals surface area contributed by atoms with E-state index in [0.29, 0.717) is 18.5 Å². The molecule has 0 amide bonds. The van der Waals surface area contributed by atoms with Gasteiger partial charge in [0.2, 0.25) is 0 Å². The highest BCUT2D eigenvalue weighted by Crippen LogP contribution is 2.23. The summed E-state index contributed by atoms with van der Waals surface area (Å²) in [6, 6.07) is 2.46. The molecule has 1 saturated heterocycles. The third kappa shape index (κ3) is 1.67. The van der Waals surface area contributed by atoms with Crippen molar-refractivity contribution in [3.63, 3.8) is 0 Å². The maximum absolute atomic E-state index is 5.66. The van der Waals surface area contributed by atoms with Gasteiger partial charge in [0.1, 0.15) is 0 Å². The molecule has 1 aliphatic rings. The van der Waals surface area contributed by atoms with Crippen LogP contribution in [0.2, 0.25) is 0 Å². The van der Waals surface area contributed by atoms with Crippen LogP contribution in [0.25, 0.3) is 0 Å². The van der Waals surface area contributed by atoms with E-state index in [9.17, 15) is 0 Å². The lowest BCUT2D eigenvalue weighted by Gasteiger charge is -2.16. The zero-order valence-corrected chi connectivity index (χ0v) is 8.52. The van der Waals surface area contributed by atoms with Crippen molar-refractivity contribution in [3.05, 3.63) is 18.0 Å². The Bertz CT molecular complexity index is 291. The van der Waals surface area contributed by atoms with Crippen molar-refractivity contribution >= 4 is 0 Å². The summed E-state index contributed by atoms with van der Waals surface area (Å²) in [5.41, 5.74) is 6.88. The van der Waals surface area contributed by atoms with Gasteiger partial charge < -0.3 is 10.5 Å². The van der Waals surface area contributed by atoms with Gasteiger partial charge in [-0.2, -0.15) is 5.10 Å². The first-order valence-corrected chi connectivity index (χ1v) is 5.14. The Balaban J connectivity index is 2.19. The molecule has 1 aliphatic heterocycles. The van der Waals surface area contributed by atoms with Gasteiger partial charge in [-0.25, -0.2) is 0 Å². The number of nitrogens with zero attached hydrogens (tertiary/aromatic N) is 2. The lowest BCUT2D eigenvalue weighted by molar-refractivity contribution is 0.183. The molecule has 78 valence electrons. The van der Waals surface area contributed by atoms with Gasteiger partial charge in [-0.1, -0.05) is 6.92 Å². The van der Waals surface area contributed by atoms with E-state index in [4.69, 9.17) is 10.5 Å². The smallest absolute Gasteiger partial charge is 0.0777 e. The van der Waals surface area contributed by atoms with Crippen molar-refractivity contribution in [2.24, 2.45) is 5.73 Å². The Labute approximate surface area is 84.0 Å². The first-order chi connectivity index (χ1) is 6.83. The lowest BCUT2D eigenvalue weighted by Crippen LogP contribution is -2.18. The molecule has 2 unspecified atom stereocenters. The predicted octanol–water partition coefficient (Wildman–Crippen LogP) is 0.907. The molecule has 4 heteroatoms. The fourth-order valence-electron chi connectivity index (χ4n) is 1.86. The van der Waals surface area contributed by atoms with Crippen LogP contribution in [0, 0.1) is 0 Å². The molecule has 0 saturated carbocycles. The van der Waals surface area contributed by atoms with Crippen molar-refractivity contribution in [2.45, 2.75) is 25.3 Å². The van der Waals surface area contributed by atoms with Crippen LogP contribution in [-0.4, -0.2) is 29.5 Å². The Morgan fingerprint density at radius 1 is 1.79 bits per heavy atom. The molecule has 0 spiro atoms. The second-order valence-electron chi connectivity index (χ2n) is 3.85. The number of hydrogen-bond donors (Lipinski definition) is 1. The molecule has 1 fully saturated rings. The van der Waals surface area contributed by atoms with Crippen molar-refractivity contribution in [2.75, 3.05) is 19.8 Å². The Hall–Kier alpha value is -0.870. The van der Waals surface area contributed by atoms with Gasteiger partial charge >= 0.3 is 0 Å². The quantitative estimate of drug-likeness (QED) is 0.779. The van der Waals surface area contributed by atoms with Crippen LogP contribution < -0.4 is 5.73 Å². The third-order valence-electron chi connectivity index (χ3n) is 2.81. The predicted molar refractivity (Wildman–Crippen MR) is 54.2 cm³/mol. The van der Waals surface area contributed by atoms with Crippen LogP contribution in [0.4, 0.5) is 0 Å². The number of nitrogens with two attached hydrogens (primary N) is 1. The van der Waals surface area contributed by atoms with Gasteiger partial charge in [-0.15, -0.1) is 0 Å². The van der Waals surface area contributed by atoms with E-state index >= 15 is 0 Å². The van der Waals surface area contributed by atoms with E-state index in [0.717, 1.165) is 19.6 Å².